The lowest BCUT2D eigenvalue weighted by atomic mass is 10.1. The van der Waals surface area contributed by atoms with E-state index in [0.717, 1.165) is 21.8 Å². The number of ether oxygens (including phenoxy) is 1. The molecule has 0 atom stereocenters. The fraction of sp³-hybridized carbons (Fsp3) is 0.111. The van der Waals surface area contributed by atoms with Crippen molar-refractivity contribution in [2.24, 2.45) is 0 Å². The molecule has 0 radical (unpaired) electrons. The highest BCUT2D eigenvalue weighted by Gasteiger charge is 2.22. The number of nitriles is 1. The predicted octanol–water partition coefficient (Wildman–Crippen LogP) is 5.55. The van der Waals surface area contributed by atoms with Crippen LogP contribution in [0.15, 0.2) is 72.3 Å². The number of esters is 1. The number of carbonyl (C=O) groups is 2. The number of amides is 1. The molecule has 4 aromatic rings. The zero-order valence-electron chi connectivity index (χ0n) is 19.4. The Labute approximate surface area is 206 Å². The monoisotopic (exact) mass is 482 g/mol. The van der Waals surface area contributed by atoms with Crippen LogP contribution in [0.3, 0.4) is 0 Å². The number of aromatic nitrogens is 2. The number of benzene rings is 2. The van der Waals surface area contributed by atoms with Gasteiger partial charge in [-0.1, -0.05) is 48.5 Å². The van der Waals surface area contributed by atoms with Crippen LogP contribution in [0.5, 0.6) is 0 Å². The molecular weight excluding hydrogens is 460 g/mol. The SMILES string of the molecule is COC(=O)c1cc(-c2ccccc2)sc1NC(=O)/C(C#N)=C/c1c(C)nn(-c2ccccc2)c1C. The Morgan fingerprint density at radius 2 is 1.74 bits per heavy atom. The summed E-state index contributed by atoms with van der Waals surface area (Å²) in [7, 11) is 1.28. The fourth-order valence-corrected chi connectivity index (χ4v) is 4.68. The van der Waals surface area contributed by atoms with Gasteiger partial charge in [-0.15, -0.1) is 11.3 Å². The third-order valence-corrected chi connectivity index (χ3v) is 6.52. The minimum atomic E-state index is -0.620. The summed E-state index contributed by atoms with van der Waals surface area (Å²) in [6.07, 6.45) is 1.52. The third kappa shape index (κ3) is 4.90. The van der Waals surface area contributed by atoms with Crippen molar-refractivity contribution in [2.75, 3.05) is 12.4 Å². The van der Waals surface area contributed by atoms with Gasteiger partial charge in [0.25, 0.3) is 5.91 Å². The first-order valence-electron chi connectivity index (χ1n) is 10.7. The minimum Gasteiger partial charge on any atom is -0.465 e. The number of para-hydroxylation sites is 1. The number of nitrogens with zero attached hydrogens (tertiary/aromatic N) is 3. The molecule has 0 unspecified atom stereocenters. The molecule has 0 aliphatic rings. The van der Waals surface area contributed by atoms with Crippen LogP contribution < -0.4 is 5.32 Å². The van der Waals surface area contributed by atoms with Crippen molar-refractivity contribution in [3.8, 4) is 22.2 Å². The van der Waals surface area contributed by atoms with E-state index in [9.17, 15) is 14.9 Å². The Morgan fingerprint density at radius 1 is 1.09 bits per heavy atom. The molecule has 4 rings (SSSR count). The number of aryl methyl sites for hydroxylation is 1. The van der Waals surface area contributed by atoms with Gasteiger partial charge in [-0.05, 0) is 43.7 Å². The number of thiophene rings is 1. The van der Waals surface area contributed by atoms with E-state index in [4.69, 9.17) is 4.74 Å². The molecule has 0 fully saturated rings. The first-order chi connectivity index (χ1) is 16.9. The Bertz CT molecular complexity index is 1460. The van der Waals surface area contributed by atoms with Crippen molar-refractivity contribution in [1.82, 2.24) is 9.78 Å². The number of hydrogen-bond acceptors (Lipinski definition) is 6. The van der Waals surface area contributed by atoms with Gasteiger partial charge in [0.2, 0.25) is 0 Å². The number of rotatable bonds is 6. The van der Waals surface area contributed by atoms with Crippen molar-refractivity contribution in [2.45, 2.75) is 13.8 Å². The zero-order valence-corrected chi connectivity index (χ0v) is 20.2. The highest BCUT2D eigenvalue weighted by molar-refractivity contribution is 7.20. The molecule has 1 amide bonds. The Balaban J connectivity index is 1.67. The summed E-state index contributed by atoms with van der Waals surface area (Å²) < 4.78 is 6.66. The summed E-state index contributed by atoms with van der Waals surface area (Å²) in [5, 5.41) is 17.4. The molecule has 0 saturated heterocycles. The second-order valence-electron chi connectivity index (χ2n) is 7.67. The Kier molecular flexibility index (Phi) is 6.90. The van der Waals surface area contributed by atoms with E-state index >= 15 is 0 Å². The fourth-order valence-electron chi connectivity index (χ4n) is 3.64. The van der Waals surface area contributed by atoms with E-state index in [1.807, 2.05) is 80.6 Å². The molecule has 0 bridgehead atoms. The van der Waals surface area contributed by atoms with Gasteiger partial charge in [-0.3, -0.25) is 4.79 Å². The van der Waals surface area contributed by atoms with Crippen LogP contribution in [0.1, 0.15) is 27.3 Å². The van der Waals surface area contributed by atoms with Gasteiger partial charge in [0.05, 0.1) is 24.1 Å². The number of nitrogens with one attached hydrogen (secondary N) is 1. The largest absolute Gasteiger partial charge is 0.465 e. The number of hydrogen-bond donors (Lipinski definition) is 1. The topological polar surface area (TPSA) is 97.0 Å². The maximum absolute atomic E-state index is 13.1. The van der Waals surface area contributed by atoms with Crippen LogP contribution in [-0.4, -0.2) is 28.8 Å². The van der Waals surface area contributed by atoms with Crippen molar-refractivity contribution >= 4 is 34.3 Å². The lowest BCUT2D eigenvalue weighted by molar-refractivity contribution is -0.112. The number of carbonyl (C=O) groups excluding carboxylic acids is 2. The van der Waals surface area contributed by atoms with Gasteiger partial charge in [0, 0.05) is 16.1 Å². The van der Waals surface area contributed by atoms with E-state index in [1.54, 1.807) is 10.7 Å². The lowest BCUT2D eigenvalue weighted by Gasteiger charge is -2.05. The van der Waals surface area contributed by atoms with E-state index in [1.165, 1.54) is 24.5 Å². The van der Waals surface area contributed by atoms with Gasteiger partial charge in [-0.25, -0.2) is 9.48 Å². The van der Waals surface area contributed by atoms with E-state index < -0.39 is 11.9 Å². The van der Waals surface area contributed by atoms with E-state index in [2.05, 4.69) is 10.4 Å². The molecule has 0 aliphatic heterocycles. The number of anilines is 1. The smallest absolute Gasteiger partial charge is 0.340 e. The average molecular weight is 483 g/mol. The van der Waals surface area contributed by atoms with Crippen LogP contribution in [0.4, 0.5) is 5.00 Å². The highest BCUT2D eigenvalue weighted by atomic mass is 32.1. The highest BCUT2D eigenvalue weighted by Crippen LogP contribution is 2.36. The van der Waals surface area contributed by atoms with Crippen molar-refractivity contribution in [3.63, 3.8) is 0 Å². The summed E-state index contributed by atoms with van der Waals surface area (Å²) >= 11 is 1.24. The van der Waals surface area contributed by atoms with Gasteiger partial charge < -0.3 is 10.1 Å². The van der Waals surface area contributed by atoms with Crippen LogP contribution in [-0.2, 0) is 9.53 Å². The minimum absolute atomic E-state index is 0.103. The van der Waals surface area contributed by atoms with Crippen molar-refractivity contribution < 1.29 is 14.3 Å². The molecule has 2 heterocycles. The molecular formula is C27H22N4O3S. The first kappa shape index (κ1) is 23.7. The predicted molar refractivity (Wildman–Crippen MR) is 136 cm³/mol. The van der Waals surface area contributed by atoms with Crippen LogP contribution >= 0.6 is 11.3 Å². The third-order valence-electron chi connectivity index (χ3n) is 5.42. The van der Waals surface area contributed by atoms with Crippen LogP contribution in [0.25, 0.3) is 22.2 Å². The van der Waals surface area contributed by atoms with Gasteiger partial charge in [0.1, 0.15) is 16.6 Å². The summed E-state index contributed by atoms with van der Waals surface area (Å²) in [6.45, 7) is 3.71. The second-order valence-corrected chi connectivity index (χ2v) is 8.72. The molecule has 174 valence electrons. The van der Waals surface area contributed by atoms with Gasteiger partial charge >= 0.3 is 5.97 Å². The van der Waals surface area contributed by atoms with E-state index in [0.29, 0.717) is 16.3 Å². The standard InChI is InChI=1S/C27H22N4O3S/c1-17-22(18(2)31(30-17)21-12-8-5-9-13-21)14-20(16-28)25(32)29-26-23(27(33)34-3)15-24(35-26)19-10-6-4-7-11-19/h4-15H,1-3H3,(H,29,32)/b20-14+. The molecule has 0 spiro atoms. The summed E-state index contributed by atoms with van der Waals surface area (Å²) in [5.41, 5.74) is 4.08. The maximum Gasteiger partial charge on any atom is 0.340 e. The van der Waals surface area contributed by atoms with Gasteiger partial charge in [-0.2, -0.15) is 10.4 Å². The molecule has 8 heteroatoms. The molecule has 7 nitrogen and oxygen atoms in total. The summed E-state index contributed by atoms with van der Waals surface area (Å²) in [4.78, 5) is 26.2. The zero-order chi connectivity index (χ0) is 24.9. The maximum atomic E-state index is 13.1. The van der Waals surface area contributed by atoms with Crippen LogP contribution in [0.2, 0.25) is 0 Å². The van der Waals surface area contributed by atoms with Crippen LogP contribution in [0, 0.1) is 25.2 Å². The average Bonchev–Trinajstić information content (AvgIpc) is 3.43. The Morgan fingerprint density at radius 3 is 2.37 bits per heavy atom. The quantitative estimate of drug-likeness (QED) is 0.221. The lowest BCUT2D eigenvalue weighted by Crippen LogP contribution is -2.15. The molecule has 2 aromatic carbocycles. The second kappa shape index (κ2) is 10.2. The molecule has 2 aromatic heterocycles. The van der Waals surface area contributed by atoms with Crippen molar-refractivity contribution in [3.05, 3.63) is 94.8 Å². The van der Waals surface area contributed by atoms with E-state index in [-0.39, 0.29) is 11.1 Å². The molecule has 0 aliphatic carbocycles. The molecule has 0 saturated carbocycles. The first-order valence-corrected chi connectivity index (χ1v) is 11.6. The van der Waals surface area contributed by atoms with Crippen molar-refractivity contribution in [1.29, 1.82) is 5.26 Å². The Hall–Kier alpha value is -4.48. The molecule has 1 N–H and O–H groups in total. The number of methoxy groups -OCH3 is 1. The summed E-state index contributed by atoms with van der Waals surface area (Å²) in [5.74, 6) is -1.19. The molecule has 35 heavy (non-hydrogen) atoms. The normalized spacial score (nSPS) is 11.1. The summed E-state index contributed by atoms with van der Waals surface area (Å²) in [6, 6.07) is 22.8. The van der Waals surface area contributed by atoms with Gasteiger partial charge in [0.15, 0.2) is 0 Å².